The third-order valence-electron chi connectivity index (χ3n) is 5.81. The highest BCUT2D eigenvalue weighted by atomic mass is 16.2. The fourth-order valence-electron chi connectivity index (χ4n) is 4.27. The van der Waals surface area contributed by atoms with E-state index in [2.05, 4.69) is 10.3 Å². The standard InChI is InChI=1S/C25H30N4O2/c1-17(2)15-22(30)28-23(18-9-4-3-5-10-18)25(31)29-14-8-11-19(16-29)24-26-20-12-6-7-13-21(20)27-24/h3-7,9-10,12-13,17,19,23H,8,11,14-16H2,1-2H3,(H,26,27)(H,28,30). The molecule has 162 valence electrons. The van der Waals surface area contributed by atoms with Crippen LogP contribution in [0.5, 0.6) is 0 Å². The lowest BCUT2D eigenvalue weighted by molar-refractivity contribution is -0.138. The topological polar surface area (TPSA) is 78.1 Å². The highest BCUT2D eigenvalue weighted by molar-refractivity contribution is 5.89. The molecular formula is C25H30N4O2. The number of carbonyl (C=O) groups is 2. The molecule has 1 aliphatic heterocycles. The van der Waals surface area contributed by atoms with Crippen LogP contribution in [0.1, 0.15) is 56.5 Å². The van der Waals surface area contributed by atoms with Gasteiger partial charge in [0.2, 0.25) is 11.8 Å². The molecule has 0 radical (unpaired) electrons. The molecule has 2 N–H and O–H groups in total. The number of hydrogen-bond acceptors (Lipinski definition) is 3. The third kappa shape index (κ3) is 4.95. The van der Waals surface area contributed by atoms with Gasteiger partial charge >= 0.3 is 0 Å². The predicted octanol–water partition coefficient (Wildman–Crippen LogP) is 4.17. The van der Waals surface area contributed by atoms with E-state index in [4.69, 9.17) is 4.98 Å². The van der Waals surface area contributed by atoms with Crippen LogP contribution < -0.4 is 5.32 Å². The number of piperidine rings is 1. The van der Waals surface area contributed by atoms with Crippen molar-refractivity contribution in [1.29, 1.82) is 0 Å². The first-order valence-electron chi connectivity index (χ1n) is 11.1. The lowest BCUT2D eigenvalue weighted by Crippen LogP contribution is -2.46. The molecule has 0 spiro atoms. The SMILES string of the molecule is CC(C)CC(=O)NC(C(=O)N1CCCC(c2nc3ccccc3[nH]2)C1)c1ccccc1. The first-order valence-corrected chi connectivity index (χ1v) is 11.1. The van der Waals surface area contributed by atoms with Crippen molar-refractivity contribution < 1.29 is 9.59 Å². The molecule has 1 aromatic heterocycles. The van der Waals surface area contributed by atoms with Crippen LogP contribution in [0.2, 0.25) is 0 Å². The van der Waals surface area contributed by atoms with Gasteiger partial charge in [0, 0.05) is 25.4 Å². The van der Waals surface area contributed by atoms with Crippen LogP contribution in [0.3, 0.4) is 0 Å². The Morgan fingerprint density at radius 3 is 2.61 bits per heavy atom. The first kappa shape index (κ1) is 21.1. The lowest BCUT2D eigenvalue weighted by atomic mass is 9.95. The van der Waals surface area contributed by atoms with E-state index >= 15 is 0 Å². The highest BCUT2D eigenvalue weighted by Crippen LogP contribution is 2.28. The van der Waals surface area contributed by atoms with Gasteiger partial charge in [-0.15, -0.1) is 0 Å². The van der Waals surface area contributed by atoms with Crippen molar-refractivity contribution in [1.82, 2.24) is 20.2 Å². The van der Waals surface area contributed by atoms with Crippen molar-refractivity contribution in [2.45, 2.75) is 45.1 Å². The van der Waals surface area contributed by atoms with Gasteiger partial charge in [-0.25, -0.2) is 4.98 Å². The van der Waals surface area contributed by atoms with Crippen LogP contribution in [0.15, 0.2) is 54.6 Å². The quantitative estimate of drug-likeness (QED) is 0.631. The van der Waals surface area contributed by atoms with Gasteiger partial charge in [0.15, 0.2) is 0 Å². The monoisotopic (exact) mass is 418 g/mol. The zero-order chi connectivity index (χ0) is 21.8. The summed E-state index contributed by atoms with van der Waals surface area (Å²) in [6.45, 7) is 5.30. The number of para-hydroxylation sites is 2. The van der Waals surface area contributed by atoms with Crippen molar-refractivity contribution >= 4 is 22.8 Å². The molecule has 2 aromatic carbocycles. The normalized spacial score (nSPS) is 17.6. The molecule has 3 aromatic rings. The summed E-state index contributed by atoms with van der Waals surface area (Å²) in [6.07, 6.45) is 2.30. The van der Waals surface area contributed by atoms with Crippen LogP contribution >= 0.6 is 0 Å². The van der Waals surface area contributed by atoms with E-state index in [0.717, 1.165) is 35.3 Å². The van der Waals surface area contributed by atoms with Gasteiger partial charge in [0.25, 0.3) is 0 Å². The van der Waals surface area contributed by atoms with Crippen LogP contribution in [0.4, 0.5) is 0 Å². The Hall–Kier alpha value is -3.15. The van der Waals surface area contributed by atoms with E-state index < -0.39 is 6.04 Å². The molecular weight excluding hydrogens is 388 g/mol. The van der Waals surface area contributed by atoms with E-state index in [1.807, 2.05) is 73.3 Å². The number of hydrogen-bond donors (Lipinski definition) is 2. The van der Waals surface area contributed by atoms with Gasteiger partial charge in [-0.3, -0.25) is 9.59 Å². The number of H-pyrrole nitrogens is 1. The highest BCUT2D eigenvalue weighted by Gasteiger charge is 2.32. The largest absolute Gasteiger partial charge is 0.342 e. The van der Waals surface area contributed by atoms with Gasteiger partial charge in [-0.1, -0.05) is 56.3 Å². The van der Waals surface area contributed by atoms with Crippen molar-refractivity contribution in [2.75, 3.05) is 13.1 Å². The Balaban J connectivity index is 1.53. The lowest BCUT2D eigenvalue weighted by Gasteiger charge is -2.34. The third-order valence-corrected chi connectivity index (χ3v) is 5.81. The van der Waals surface area contributed by atoms with Gasteiger partial charge in [0.05, 0.1) is 11.0 Å². The summed E-state index contributed by atoms with van der Waals surface area (Å²) in [4.78, 5) is 36.1. The molecule has 2 heterocycles. The number of imidazole rings is 1. The van der Waals surface area contributed by atoms with E-state index in [0.29, 0.717) is 19.5 Å². The molecule has 0 bridgehead atoms. The first-order chi connectivity index (χ1) is 15.0. The number of nitrogens with zero attached hydrogens (tertiary/aromatic N) is 2. The van der Waals surface area contributed by atoms with Gasteiger partial charge in [0.1, 0.15) is 11.9 Å². The molecule has 6 heteroatoms. The smallest absolute Gasteiger partial charge is 0.249 e. The van der Waals surface area contributed by atoms with Crippen LogP contribution in [0, 0.1) is 5.92 Å². The fourth-order valence-corrected chi connectivity index (χ4v) is 4.27. The van der Waals surface area contributed by atoms with Crippen LogP contribution in [-0.4, -0.2) is 39.8 Å². The zero-order valence-corrected chi connectivity index (χ0v) is 18.2. The average Bonchev–Trinajstić information content (AvgIpc) is 3.22. The number of aromatic amines is 1. The molecule has 0 saturated carbocycles. The van der Waals surface area contributed by atoms with E-state index in [9.17, 15) is 9.59 Å². The molecule has 2 unspecified atom stereocenters. The molecule has 2 atom stereocenters. The molecule has 0 aliphatic carbocycles. The molecule has 1 fully saturated rings. The van der Waals surface area contributed by atoms with E-state index in [1.165, 1.54) is 0 Å². The Bertz CT molecular complexity index is 1010. The van der Waals surface area contributed by atoms with E-state index in [-0.39, 0.29) is 23.7 Å². The van der Waals surface area contributed by atoms with E-state index in [1.54, 1.807) is 0 Å². The van der Waals surface area contributed by atoms with Crippen molar-refractivity contribution in [2.24, 2.45) is 5.92 Å². The Labute approximate surface area is 183 Å². The number of fused-ring (bicyclic) bond motifs is 1. The Morgan fingerprint density at radius 1 is 1.13 bits per heavy atom. The van der Waals surface area contributed by atoms with Crippen LogP contribution in [0.25, 0.3) is 11.0 Å². The minimum Gasteiger partial charge on any atom is -0.342 e. The van der Waals surface area contributed by atoms with Gasteiger partial charge in [-0.2, -0.15) is 0 Å². The number of rotatable bonds is 6. The number of likely N-dealkylation sites (tertiary alicyclic amines) is 1. The summed E-state index contributed by atoms with van der Waals surface area (Å²) >= 11 is 0. The molecule has 1 saturated heterocycles. The second-order valence-electron chi connectivity index (χ2n) is 8.77. The maximum Gasteiger partial charge on any atom is 0.249 e. The number of aromatic nitrogens is 2. The molecule has 6 nitrogen and oxygen atoms in total. The summed E-state index contributed by atoms with van der Waals surface area (Å²) in [6, 6.07) is 16.8. The molecule has 4 rings (SSSR count). The predicted molar refractivity (Wildman–Crippen MR) is 121 cm³/mol. The summed E-state index contributed by atoms with van der Waals surface area (Å²) in [5, 5.41) is 2.98. The number of carbonyl (C=O) groups excluding carboxylic acids is 2. The maximum atomic E-state index is 13.5. The van der Waals surface area contributed by atoms with Gasteiger partial charge < -0.3 is 15.2 Å². The van der Waals surface area contributed by atoms with Crippen molar-refractivity contribution in [3.63, 3.8) is 0 Å². The average molecular weight is 419 g/mol. The number of benzene rings is 2. The molecule has 2 amide bonds. The van der Waals surface area contributed by atoms with Crippen molar-refractivity contribution in [3.05, 3.63) is 66.0 Å². The summed E-state index contributed by atoms with van der Waals surface area (Å²) < 4.78 is 0. The fraction of sp³-hybridized carbons (Fsp3) is 0.400. The molecule has 31 heavy (non-hydrogen) atoms. The van der Waals surface area contributed by atoms with Gasteiger partial charge in [-0.05, 0) is 36.5 Å². The van der Waals surface area contributed by atoms with Crippen LogP contribution in [-0.2, 0) is 9.59 Å². The Morgan fingerprint density at radius 2 is 1.87 bits per heavy atom. The summed E-state index contributed by atoms with van der Waals surface area (Å²) in [5.74, 6) is 1.18. The Kier molecular flexibility index (Phi) is 6.35. The summed E-state index contributed by atoms with van der Waals surface area (Å²) in [7, 11) is 0. The zero-order valence-electron chi connectivity index (χ0n) is 18.2. The maximum absolute atomic E-state index is 13.5. The number of nitrogens with one attached hydrogen (secondary N) is 2. The second kappa shape index (κ2) is 9.33. The molecule has 1 aliphatic rings. The minimum absolute atomic E-state index is 0.0517. The minimum atomic E-state index is -0.665. The van der Waals surface area contributed by atoms with Crippen molar-refractivity contribution in [3.8, 4) is 0 Å². The summed E-state index contributed by atoms with van der Waals surface area (Å²) in [5.41, 5.74) is 2.78. The second-order valence-corrected chi connectivity index (χ2v) is 8.77. The number of amides is 2.